The highest BCUT2D eigenvalue weighted by molar-refractivity contribution is 5.90. The van der Waals surface area contributed by atoms with Gasteiger partial charge in [-0.15, -0.1) is 0 Å². The third-order valence-electron chi connectivity index (χ3n) is 5.92. The van der Waals surface area contributed by atoms with E-state index in [1.165, 1.54) is 30.1 Å². The maximum atomic E-state index is 12.7. The third kappa shape index (κ3) is 3.93. The number of rotatable bonds is 5. The Morgan fingerprint density at radius 2 is 1.94 bits per heavy atom. The van der Waals surface area contributed by atoms with Crippen LogP contribution in [0.25, 0.3) is 22.7 Å². The second-order valence-corrected chi connectivity index (χ2v) is 8.36. The van der Waals surface area contributed by atoms with Gasteiger partial charge in [-0.05, 0) is 37.8 Å². The number of fused-ring (bicyclic) bond motifs is 1. The fourth-order valence-corrected chi connectivity index (χ4v) is 4.36. The number of carbonyl (C=O) groups is 1. The fourth-order valence-electron chi connectivity index (χ4n) is 4.36. The number of hydrogen-bond acceptors (Lipinski definition) is 5. The summed E-state index contributed by atoms with van der Waals surface area (Å²) >= 11 is 0. The van der Waals surface area contributed by atoms with E-state index in [4.69, 9.17) is 0 Å². The molecule has 3 heterocycles. The topological polar surface area (TPSA) is 110 Å². The van der Waals surface area contributed by atoms with Gasteiger partial charge >= 0.3 is 0 Å². The number of amides is 1. The van der Waals surface area contributed by atoms with Gasteiger partial charge in [0.2, 0.25) is 11.9 Å². The molecule has 3 aromatic heterocycles. The van der Waals surface area contributed by atoms with Crippen molar-refractivity contribution in [2.24, 2.45) is 5.92 Å². The van der Waals surface area contributed by atoms with Gasteiger partial charge in [-0.2, -0.15) is 19.9 Å². The summed E-state index contributed by atoms with van der Waals surface area (Å²) in [6.45, 7) is 1.83. The molecule has 1 aromatic carbocycles. The number of anilines is 1. The van der Waals surface area contributed by atoms with Crippen LogP contribution >= 0.6 is 0 Å². The lowest BCUT2D eigenvalue weighted by molar-refractivity contribution is -0.117. The quantitative estimate of drug-likeness (QED) is 0.502. The maximum absolute atomic E-state index is 12.7. The highest BCUT2D eigenvalue weighted by atomic mass is 16.1. The van der Waals surface area contributed by atoms with Gasteiger partial charge in [-0.1, -0.05) is 37.5 Å². The normalized spacial score (nSPS) is 14.7. The average molecular weight is 432 g/mol. The molecule has 1 amide bonds. The maximum Gasteiger partial charge on any atom is 0.263 e. The number of benzene rings is 1. The van der Waals surface area contributed by atoms with Gasteiger partial charge in [0.1, 0.15) is 11.2 Å². The molecule has 1 fully saturated rings. The summed E-state index contributed by atoms with van der Waals surface area (Å²) in [5.41, 5.74) is 1.60. The Morgan fingerprint density at radius 3 is 2.72 bits per heavy atom. The number of nitrogens with zero attached hydrogens (tertiary/aromatic N) is 5. The number of carbonyl (C=O) groups excluding carboxylic acids is 1. The zero-order chi connectivity index (χ0) is 22.1. The van der Waals surface area contributed by atoms with Crippen molar-refractivity contribution in [2.75, 3.05) is 5.32 Å². The van der Waals surface area contributed by atoms with E-state index in [1.807, 2.05) is 37.3 Å². The molecule has 0 atom stereocenters. The predicted molar refractivity (Wildman–Crippen MR) is 121 cm³/mol. The highest BCUT2D eigenvalue weighted by Crippen LogP contribution is 2.27. The number of hydrogen-bond donors (Lipinski definition) is 2. The zero-order valence-electron chi connectivity index (χ0n) is 17.9. The van der Waals surface area contributed by atoms with Gasteiger partial charge in [-0.25, -0.2) is 4.68 Å². The molecule has 1 aliphatic carbocycles. The molecule has 32 heavy (non-hydrogen) atoms. The molecule has 2 N–H and O–H groups in total. The van der Waals surface area contributed by atoms with E-state index < -0.39 is 0 Å². The minimum Gasteiger partial charge on any atom is -0.310 e. The van der Waals surface area contributed by atoms with Crippen molar-refractivity contribution in [1.29, 1.82) is 0 Å². The molecule has 164 valence electrons. The van der Waals surface area contributed by atoms with Crippen molar-refractivity contribution in [3.63, 3.8) is 0 Å². The van der Waals surface area contributed by atoms with E-state index >= 15 is 0 Å². The highest BCUT2D eigenvalue weighted by Gasteiger charge is 2.20. The Bertz CT molecular complexity index is 1310. The van der Waals surface area contributed by atoms with Crippen LogP contribution in [0, 0.1) is 12.8 Å². The van der Waals surface area contributed by atoms with Crippen molar-refractivity contribution in [3.05, 3.63) is 58.6 Å². The van der Waals surface area contributed by atoms with E-state index in [0.29, 0.717) is 34.9 Å². The molecule has 0 spiro atoms. The van der Waals surface area contributed by atoms with Gasteiger partial charge in [0.25, 0.3) is 5.56 Å². The number of aromatic amines is 1. The van der Waals surface area contributed by atoms with Crippen molar-refractivity contribution in [1.82, 2.24) is 29.5 Å². The predicted octanol–water partition coefficient (Wildman–Crippen LogP) is 3.51. The molecule has 5 rings (SSSR count). The average Bonchev–Trinajstić information content (AvgIpc) is 3.38. The molecule has 9 heteroatoms. The van der Waals surface area contributed by atoms with E-state index in [0.717, 1.165) is 18.5 Å². The summed E-state index contributed by atoms with van der Waals surface area (Å²) in [5, 5.41) is 12.1. The summed E-state index contributed by atoms with van der Waals surface area (Å²) in [7, 11) is 0. The Balaban J connectivity index is 1.49. The second-order valence-electron chi connectivity index (χ2n) is 8.36. The van der Waals surface area contributed by atoms with E-state index in [1.54, 1.807) is 10.7 Å². The van der Waals surface area contributed by atoms with E-state index in [9.17, 15) is 9.59 Å². The number of H-pyrrole nitrogens is 1. The standard InChI is InChI=1S/C23H25N7O2/c1-15-12-19(25-20(31)13-16-8-4-2-5-9-16)30(28-15)23-26-21-18(22(32)27-23)14-24-29(21)17-10-6-3-7-11-17/h3,6-7,10-12,14,16H,2,4-5,8-9,13H2,1H3,(H,25,31)(H,26,27,32). The van der Waals surface area contributed by atoms with Gasteiger partial charge < -0.3 is 5.32 Å². The van der Waals surface area contributed by atoms with Crippen LogP contribution in [0.4, 0.5) is 5.82 Å². The van der Waals surface area contributed by atoms with E-state index in [2.05, 4.69) is 25.5 Å². The Kier molecular flexibility index (Phi) is 5.30. The summed E-state index contributed by atoms with van der Waals surface area (Å²) in [6, 6.07) is 11.3. The van der Waals surface area contributed by atoms with Crippen LogP contribution in [0.5, 0.6) is 0 Å². The van der Waals surface area contributed by atoms with Crippen LogP contribution in [0.3, 0.4) is 0 Å². The lowest BCUT2D eigenvalue weighted by atomic mass is 9.87. The summed E-state index contributed by atoms with van der Waals surface area (Å²) in [4.78, 5) is 32.8. The number of aryl methyl sites for hydroxylation is 1. The fraction of sp³-hybridized carbons (Fsp3) is 0.348. The van der Waals surface area contributed by atoms with Gasteiger partial charge in [0.05, 0.1) is 17.6 Å². The summed E-state index contributed by atoms with van der Waals surface area (Å²) < 4.78 is 3.09. The Hall–Kier alpha value is -3.75. The molecule has 1 aliphatic rings. The molecule has 1 saturated carbocycles. The first-order chi connectivity index (χ1) is 15.6. The molecule has 0 radical (unpaired) electrons. The smallest absolute Gasteiger partial charge is 0.263 e. The monoisotopic (exact) mass is 431 g/mol. The minimum atomic E-state index is -0.320. The molecule has 9 nitrogen and oxygen atoms in total. The van der Waals surface area contributed by atoms with Crippen molar-refractivity contribution in [3.8, 4) is 11.6 Å². The van der Waals surface area contributed by atoms with Crippen LogP contribution in [-0.2, 0) is 4.79 Å². The molecular formula is C23H25N7O2. The largest absolute Gasteiger partial charge is 0.310 e. The van der Waals surface area contributed by atoms with Crippen molar-refractivity contribution in [2.45, 2.75) is 45.4 Å². The first kappa shape index (κ1) is 20.2. The number of nitrogens with one attached hydrogen (secondary N) is 2. The van der Waals surface area contributed by atoms with Crippen molar-refractivity contribution < 1.29 is 4.79 Å². The second kappa shape index (κ2) is 8.41. The third-order valence-corrected chi connectivity index (χ3v) is 5.92. The van der Waals surface area contributed by atoms with E-state index in [-0.39, 0.29) is 17.4 Å². The zero-order valence-corrected chi connectivity index (χ0v) is 17.9. The summed E-state index contributed by atoms with van der Waals surface area (Å²) in [6.07, 6.45) is 7.82. The molecule has 4 aromatic rings. The molecule has 0 bridgehead atoms. The molecule has 0 aliphatic heterocycles. The SMILES string of the molecule is Cc1cc(NC(=O)CC2CCCCC2)n(-c2nc3c(cnn3-c3ccccc3)c(=O)[nH]2)n1. The first-order valence-electron chi connectivity index (χ1n) is 11.0. The van der Waals surface area contributed by atoms with Gasteiger partial charge in [0, 0.05) is 12.5 Å². The van der Waals surface area contributed by atoms with Gasteiger partial charge in [-0.3, -0.25) is 14.6 Å². The lowest BCUT2D eigenvalue weighted by Crippen LogP contribution is -2.21. The Labute approximate surface area is 184 Å². The minimum absolute atomic E-state index is 0.0456. The summed E-state index contributed by atoms with van der Waals surface area (Å²) in [5.74, 6) is 1.09. The van der Waals surface area contributed by atoms with Crippen LogP contribution < -0.4 is 10.9 Å². The number of para-hydroxylation sites is 1. The van der Waals surface area contributed by atoms with Crippen LogP contribution in [0.2, 0.25) is 0 Å². The first-order valence-corrected chi connectivity index (χ1v) is 11.0. The molecule has 0 unspecified atom stereocenters. The van der Waals surface area contributed by atoms with Crippen molar-refractivity contribution >= 4 is 22.8 Å². The van der Waals surface area contributed by atoms with Gasteiger partial charge in [0.15, 0.2) is 5.65 Å². The number of aromatic nitrogens is 6. The van der Waals surface area contributed by atoms with Crippen LogP contribution in [-0.4, -0.2) is 35.4 Å². The lowest BCUT2D eigenvalue weighted by Gasteiger charge is -2.20. The molecule has 0 saturated heterocycles. The van der Waals surface area contributed by atoms with Crippen LogP contribution in [0.15, 0.2) is 47.4 Å². The molecular weight excluding hydrogens is 406 g/mol. The Morgan fingerprint density at radius 1 is 1.16 bits per heavy atom. The van der Waals surface area contributed by atoms with Crippen LogP contribution in [0.1, 0.15) is 44.2 Å².